The van der Waals surface area contributed by atoms with Crippen molar-refractivity contribution in [3.05, 3.63) is 83.7 Å². The molecule has 1 aliphatic rings. The number of ether oxygens (including phenoxy) is 2. The van der Waals surface area contributed by atoms with Crippen molar-refractivity contribution in [2.24, 2.45) is 0 Å². The Morgan fingerprint density at radius 3 is 2.25 bits per heavy atom. The molecule has 0 saturated carbocycles. The second-order valence-corrected chi connectivity index (χ2v) is 8.50. The van der Waals surface area contributed by atoms with E-state index in [0.29, 0.717) is 6.54 Å². The summed E-state index contributed by atoms with van der Waals surface area (Å²) in [6.45, 7) is 6.06. The van der Waals surface area contributed by atoms with Crippen molar-refractivity contribution in [3.8, 4) is 0 Å². The molecular weight excluding hydrogens is 408 g/mol. The minimum absolute atomic E-state index is 0.122. The van der Waals surface area contributed by atoms with Crippen molar-refractivity contribution in [2.45, 2.75) is 52.0 Å². The number of nitrogens with one attached hydrogen (secondary N) is 3. The van der Waals surface area contributed by atoms with Crippen molar-refractivity contribution in [3.63, 3.8) is 0 Å². The fourth-order valence-electron chi connectivity index (χ4n) is 3.06. The van der Waals surface area contributed by atoms with E-state index in [9.17, 15) is 9.59 Å². The van der Waals surface area contributed by atoms with Crippen molar-refractivity contribution >= 4 is 12.1 Å². The maximum atomic E-state index is 12.8. The van der Waals surface area contributed by atoms with Gasteiger partial charge in [-0.25, -0.2) is 9.59 Å². The number of hydrogen-bond acceptors (Lipinski definition) is 7. The second-order valence-electron chi connectivity index (χ2n) is 8.50. The number of benzene rings is 2. The lowest BCUT2D eigenvalue weighted by atomic mass is 10.1. The molecule has 0 spiro atoms. The molecule has 0 radical (unpaired) electrons. The molecule has 2 aromatic rings. The van der Waals surface area contributed by atoms with E-state index in [1.807, 2.05) is 71.9 Å². The van der Waals surface area contributed by atoms with Crippen LogP contribution in [0.1, 0.15) is 38.3 Å². The molecule has 0 aliphatic carbocycles. The van der Waals surface area contributed by atoms with Gasteiger partial charge in [0.05, 0.1) is 6.54 Å². The Kier molecular flexibility index (Phi) is 7.72. The van der Waals surface area contributed by atoms with E-state index < -0.39 is 23.7 Å². The molecule has 1 heterocycles. The average molecular weight is 439 g/mol. The molecule has 1 atom stereocenters. The van der Waals surface area contributed by atoms with Gasteiger partial charge in [0.15, 0.2) is 0 Å². The van der Waals surface area contributed by atoms with Crippen LogP contribution in [0, 0.1) is 0 Å². The zero-order valence-corrected chi connectivity index (χ0v) is 18.6. The first-order valence-electron chi connectivity index (χ1n) is 10.5. The summed E-state index contributed by atoms with van der Waals surface area (Å²) in [5.41, 5.74) is 8.14. The highest BCUT2D eigenvalue weighted by Crippen LogP contribution is 2.14. The van der Waals surface area contributed by atoms with Crippen LogP contribution in [0.5, 0.6) is 0 Å². The van der Waals surface area contributed by atoms with Gasteiger partial charge in [0, 0.05) is 18.3 Å². The van der Waals surface area contributed by atoms with Crippen molar-refractivity contribution in [1.29, 1.82) is 0 Å². The van der Waals surface area contributed by atoms with Crippen LogP contribution in [0.3, 0.4) is 0 Å². The van der Waals surface area contributed by atoms with E-state index in [2.05, 4.69) is 16.3 Å². The van der Waals surface area contributed by atoms with Gasteiger partial charge in [0.1, 0.15) is 18.2 Å². The highest BCUT2D eigenvalue weighted by atomic mass is 16.6. The van der Waals surface area contributed by atoms with Gasteiger partial charge < -0.3 is 20.2 Å². The van der Waals surface area contributed by atoms with Crippen LogP contribution in [-0.4, -0.2) is 28.7 Å². The number of rotatable bonds is 8. The molecule has 0 saturated heterocycles. The van der Waals surface area contributed by atoms with Gasteiger partial charge in [-0.05, 0) is 31.9 Å². The van der Waals surface area contributed by atoms with Gasteiger partial charge in [0.2, 0.25) is 0 Å². The SMILES string of the molecule is CC(C)(C)OC(=O)N[C@@H](CC1=CN(Cc2ccccc2)NN1)C(=O)OCc1ccccc1. The van der Waals surface area contributed by atoms with Crippen molar-refractivity contribution < 1.29 is 19.1 Å². The van der Waals surface area contributed by atoms with Gasteiger partial charge in [-0.2, -0.15) is 0 Å². The number of carbonyl (C=O) groups excluding carboxylic acids is 2. The Labute approximate surface area is 188 Å². The highest BCUT2D eigenvalue weighted by molar-refractivity contribution is 5.81. The number of esters is 1. The quantitative estimate of drug-likeness (QED) is 0.544. The molecule has 3 rings (SSSR count). The molecule has 0 aromatic heterocycles. The monoisotopic (exact) mass is 438 g/mol. The Morgan fingerprint density at radius 1 is 1.00 bits per heavy atom. The number of hydrazine groups is 2. The fourth-order valence-corrected chi connectivity index (χ4v) is 3.06. The van der Waals surface area contributed by atoms with Crippen LogP contribution in [-0.2, 0) is 27.4 Å². The Hall–Kier alpha value is -3.52. The third kappa shape index (κ3) is 7.63. The lowest BCUT2D eigenvalue weighted by Crippen LogP contribution is -2.45. The smallest absolute Gasteiger partial charge is 0.408 e. The average Bonchev–Trinajstić information content (AvgIpc) is 3.18. The fraction of sp³-hybridized carbons (Fsp3) is 0.333. The standard InChI is InChI=1S/C24H30N4O4/c1-24(2,3)32-23(30)25-21(22(29)31-17-19-12-8-5-9-13-19)14-20-16-28(27-26-20)15-18-10-6-4-7-11-18/h4-13,16,21,26-27H,14-15,17H2,1-3H3,(H,25,30)/t21-/m0/s1. The molecule has 8 heteroatoms. The summed E-state index contributed by atoms with van der Waals surface area (Å²) >= 11 is 0. The second kappa shape index (κ2) is 10.7. The molecule has 1 aliphatic heterocycles. The molecule has 0 unspecified atom stereocenters. The van der Waals surface area contributed by atoms with Crippen molar-refractivity contribution in [2.75, 3.05) is 0 Å². The number of carbonyl (C=O) groups is 2. The Bertz CT molecular complexity index is 926. The molecule has 2 aromatic carbocycles. The zero-order chi connectivity index (χ0) is 23.0. The van der Waals surface area contributed by atoms with Crippen LogP contribution in [0.4, 0.5) is 4.79 Å². The van der Waals surface area contributed by atoms with E-state index in [1.165, 1.54) is 0 Å². The van der Waals surface area contributed by atoms with Gasteiger partial charge in [-0.3, -0.25) is 5.01 Å². The summed E-state index contributed by atoms with van der Waals surface area (Å²) in [6, 6.07) is 18.5. The number of alkyl carbamates (subject to hydrolysis) is 1. The Morgan fingerprint density at radius 2 is 1.62 bits per heavy atom. The summed E-state index contributed by atoms with van der Waals surface area (Å²) in [7, 11) is 0. The zero-order valence-electron chi connectivity index (χ0n) is 18.6. The van der Waals surface area contributed by atoms with Gasteiger partial charge in [-0.15, -0.1) is 5.53 Å². The minimum atomic E-state index is -0.911. The van der Waals surface area contributed by atoms with E-state index in [0.717, 1.165) is 16.8 Å². The molecule has 32 heavy (non-hydrogen) atoms. The first-order chi connectivity index (χ1) is 15.3. The maximum absolute atomic E-state index is 12.8. The van der Waals surface area contributed by atoms with Gasteiger partial charge in [-0.1, -0.05) is 60.7 Å². The summed E-state index contributed by atoms with van der Waals surface area (Å²) in [4.78, 5) is 25.1. The first-order valence-corrected chi connectivity index (χ1v) is 10.5. The van der Waals surface area contributed by atoms with Crippen LogP contribution >= 0.6 is 0 Å². The number of amides is 1. The Balaban J connectivity index is 1.63. The van der Waals surface area contributed by atoms with Crippen LogP contribution in [0.25, 0.3) is 0 Å². The van der Waals surface area contributed by atoms with E-state index in [1.54, 1.807) is 20.8 Å². The lowest BCUT2D eigenvalue weighted by molar-refractivity contribution is -0.147. The maximum Gasteiger partial charge on any atom is 0.408 e. The molecule has 0 bridgehead atoms. The number of hydrogen-bond donors (Lipinski definition) is 3. The summed E-state index contributed by atoms with van der Waals surface area (Å²) in [5, 5.41) is 4.50. The molecular formula is C24H30N4O4. The first kappa shape index (κ1) is 23.1. The van der Waals surface area contributed by atoms with E-state index in [4.69, 9.17) is 9.47 Å². The van der Waals surface area contributed by atoms with Crippen LogP contribution < -0.4 is 16.3 Å². The number of nitrogens with zero attached hydrogens (tertiary/aromatic N) is 1. The summed E-state index contributed by atoms with van der Waals surface area (Å²) < 4.78 is 10.8. The molecule has 1 amide bonds. The molecule has 170 valence electrons. The lowest BCUT2D eigenvalue weighted by Gasteiger charge is -2.23. The molecule has 0 fully saturated rings. The molecule has 3 N–H and O–H groups in total. The summed E-state index contributed by atoms with van der Waals surface area (Å²) in [6.07, 6.45) is 1.40. The van der Waals surface area contributed by atoms with Crippen LogP contribution in [0.2, 0.25) is 0 Å². The summed E-state index contributed by atoms with van der Waals surface area (Å²) in [5.74, 6) is -0.538. The predicted octanol–water partition coefficient (Wildman–Crippen LogP) is 3.38. The van der Waals surface area contributed by atoms with Crippen molar-refractivity contribution in [1.82, 2.24) is 21.3 Å². The van der Waals surface area contributed by atoms with E-state index >= 15 is 0 Å². The normalized spacial score (nSPS) is 14.2. The third-order valence-electron chi connectivity index (χ3n) is 4.49. The van der Waals surface area contributed by atoms with Crippen LogP contribution in [0.15, 0.2) is 72.6 Å². The van der Waals surface area contributed by atoms with E-state index in [-0.39, 0.29) is 13.0 Å². The van der Waals surface area contributed by atoms with Gasteiger partial charge >= 0.3 is 12.1 Å². The predicted molar refractivity (Wildman–Crippen MR) is 120 cm³/mol. The molecule has 8 nitrogen and oxygen atoms in total. The third-order valence-corrected chi connectivity index (χ3v) is 4.49. The minimum Gasteiger partial charge on any atom is -0.459 e. The van der Waals surface area contributed by atoms with Gasteiger partial charge in [0.25, 0.3) is 0 Å². The largest absolute Gasteiger partial charge is 0.459 e. The topological polar surface area (TPSA) is 91.9 Å². The highest BCUT2D eigenvalue weighted by Gasteiger charge is 2.28.